The number of carbonyl (C=O) groups is 2. The molecule has 3 aromatic rings. The maximum Gasteiger partial charge on any atom is 0.251 e. The molecule has 1 N–H and O–H groups in total. The van der Waals surface area contributed by atoms with Gasteiger partial charge in [-0.15, -0.1) is 10.2 Å². The Morgan fingerprint density at radius 3 is 2.43 bits per heavy atom. The number of tetrazole rings is 1. The van der Waals surface area contributed by atoms with Gasteiger partial charge in [0, 0.05) is 17.3 Å². The van der Waals surface area contributed by atoms with Crippen LogP contribution in [0.2, 0.25) is 0 Å². The first-order valence-electron chi connectivity index (χ1n) is 12.6. The molecule has 1 heterocycles. The van der Waals surface area contributed by atoms with Crippen molar-refractivity contribution in [3.63, 3.8) is 0 Å². The van der Waals surface area contributed by atoms with Crippen LogP contribution in [-0.2, 0) is 22.6 Å². The van der Waals surface area contributed by atoms with E-state index in [2.05, 4.69) is 27.7 Å². The lowest BCUT2D eigenvalue weighted by molar-refractivity contribution is -0.127. The van der Waals surface area contributed by atoms with Crippen molar-refractivity contribution in [3.05, 3.63) is 48.0 Å². The maximum absolute atomic E-state index is 13.6. The fraction of sp³-hybridized carbons (Fsp3) is 0.444. The van der Waals surface area contributed by atoms with Crippen LogP contribution >= 0.6 is 0 Å². The van der Waals surface area contributed by atoms with Crippen LogP contribution in [0.15, 0.2) is 42.5 Å². The molecule has 2 aromatic carbocycles. The van der Waals surface area contributed by atoms with E-state index in [1.165, 1.54) is 9.70 Å². The molecule has 4 rings (SSSR count). The van der Waals surface area contributed by atoms with E-state index in [1.807, 2.05) is 24.3 Å². The zero-order valence-electron chi connectivity index (χ0n) is 21.8. The molecule has 0 spiro atoms. The predicted molar refractivity (Wildman–Crippen MR) is 140 cm³/mol. The van der Waals surface area contributed by atoms with Crippen LogP contribution in [0.3, 0.4) is 0 Å². The number of ether oxygens (including phenoxy) is 2. The molecular weight excluding hydrogens is 472 g/mol. The van der Waals surface area contributed by atoms with Crippen molar-refractivity contribution in [3.8, 4) is 22.9 Å². The Labute approximate surface area is 216 Å². The molecule has 1 saturated carbocycles. The second-order valence-corrected chi connectivity index (χ2v) is 9.16. The lowest BCUT2D eigenvalue weighted by Crippen LogP contribution is -2.51. The van der Waals surface area contributed by atoms with Crippen molar-refractivity contribution in [2.24, 2.45) is 0 Å². The summed E-state index contributed by atoms with van der Waals surface area (Å²) < 4.78 is 10.6. The normalized spacial score (nSPS) is 14.3. The Morgan fingerprint density at radius 1 is 1.08 bits per heavy atom. The molecule has 1 atom stereocenters. The molecule has 196 valence electrons. The average Bonchev–Trinajstić information content (AvgIpc) is 3.61. The Morgan fingerprint density at radius 2 is 1.78 bits per heavy atom. The van der Waals surface area contributed by atoms with Gasteiger partial charge in [-0.25, -0.2) is 0 Å². The minimum Gasteiger partial charge on any atom is -0.493 e. The van der Waals surface area contributed by atoms with Crippen molar-refractivity contribution in [1.82, 2.24) is 25.5 Å². The van der Waals surface area contributed by atoms with Crippen LogP contribution in [0, 0.1) is 0 Å². The number of amides is 2. The largest absolute Gasteiger partial charge is 0.493 e. The predicted octanol–water partition coefficient (Wildman–Crippen LogP) is 3.40. The smallest absolute Gasteiger partial charge is 0.251 e. The molecule has 0 unspecified atom stereocenters. The van der Waals surface area contributed by atoms with Gasteiger partial charge in [0.25, 0.3) is 5.91 Å². The highest BCUT2D eigenvalue weighted by Crippen LogP contribution is 2.30. The van der Waals surface area contributed by atoms with Gasteiger partial charge in [-0.3, -0.25) is 14.5 Å². The Kier molecular flexibility index (Phi) is 8.37. The summed E-state index contributed by atoms with van der Waals surface area (Å²) in [4.78, 5) is 29.4. The number of nitrogens with one attached hydrogen (secondary N) is 1. The zero-order valence-corrected chi connectivity index (χ0v) is 21.8. The Bertz CT molecular complexity index is 1220. The van der Waals surface area contributed by atoms with Crippen LogP contribution < -0.4 is 19.7 Å². The molecular formula is C27H34N6O4. The van der Waals surface area contributed by atoms with E-state index < -0.39 is 6.04 Å². The number of nitrogens with zero attached hydrogens (tertiary/aromatic N) is 5. The first kappa shape index (κ1) is 26.1. The van der Waals surface area contributed by atoms with Crippen molar-refractivity contribution < 1.29 is 19.1 Å². The molecule has 10 nitrogen and oxygen atoms in total. The molecule has 1 fully saturated rings. The van der Waals surface area contributed by atoms with E-state index in [-0.39, 0.29) is 24.4 Å². The summed E-state index contributed by atoms with van der Waals surface area (Å²) in [6.45, 7) is 3.65. The molecule has 10 heteroatoms. The van der Waals surface area contributed by atoms with Gasteiger partial charge >= 0.3 is 0 Å². The van der Waals surface area contributed by atoms with Crippen molar-refractivity contribution in [2.75, 3.05) is 19.1 Å². The van der Waals surface area contributed by atoms with Gasteiger partial charge in [0.1, 0.15) is 12.6 Å². The van der Waals surface area contributed by atoms with Crippen LogP contribution in [0.1, 0.15) is 45.1 Å². The summed E-state index contributed by atoms with van der Waals surface area (Å²) in [6, 6.07) is 12.5. The lowest BCUT2D eigenvalue weighted by Gasteiger charge is -2.29. The van der Waals surface area contributed by atoms with Gasteiger partial charge in [-0.05, 0) is 67.3 Å². The van der Waals surface area contributed by atoms with Gasteiger partial charge in [-0.2, -0.15) is 4.80 Å². The number of methoxy groups -OCH3 is 2. The summed E-state index contributed by atoms with van der Waals surface area (Å²) in [5, 5.41) is 15.7. The van der Waals surface area contributed by atoms with Crippen LogP contribution in [0.4, 0.5) is 5.69 Å². The van der Waals surface area contributed by atoms with Crippen molar-refractivity contribution in [1.29, 1.82) is 0 Å². The highest BCUT2D eigenvalue weighted by atomic mass is 16.5. The average molecular weight is 507 g/mol. The first-order valence-corrected chi connectivity index (χ1v) is 12.6. The number of hydrogen-bond acceptors (Lipinski definition) is 7. The number of carbonyl (C=O) groups excluding carboxylic acids is 2. The highest BCUT2D eigenvalue weighted by molar-refractivity contribution is 6.00. The fourth-order valence-electron chi connectivity index (χ4n) is 4.58. The molecule has 0 aliphatic heterocycles. The quantitative estimate of drug-likeness (QED) is 0.449. The molecule has 0 saturated heterocycles. The molecule has 0 bridgehead atoms. The molecule has 37 heavy (non-hydrogen) atoms. The second-order valence-electron chi connectivity index (χ2n) is 9.16. The Hall–Kier alpha value is -3.95. The summed E-state index contributed by atoms with van der Waals surface area (Å²) >= 11 is 0. The SMILES string of the molecule is CCc1ccc(N(C(=O)Cn2nnc(-c3ccc(OC)c(OC)c3)n2)[C@H](C)C(=O)NC2CCCC2)cc1. The minimum atomic E-state index is -0.700. The van der Waals surface area contributed by atoms with Gasteiger partial charge in [-0.1, -0.05) is 31.9 Å². The van der Waals surface area contributed by atoms with E-state index >= 15 is 0 Å². The third-order valence-electron chi connectivity index (χ3n) is 6.73. The standard InChI is InChI=1S/C27H34N6O4/c1-5-19-10-13-22(14-11-19)33(18(2)27(35)28-21-8-6-7-9-21)25(34)17-32-30-26(29-31-32)20-12-15-23(36-3)24(16-20)37-4/h10-16,18,21H,5-9,17H2,1-4H3,(H,28,35)/t18-/m1/s1. The van der Waals surface area contributed by atoms with Gasteiger partial charge in [0.05, 0.1) is 14.2 Å². The summed E-state index contributed by atoms with van der Waals surface area (Å²) in [5.74, 6) is 0.992. The number of hydrogen-bond donors (Lipinski definition) is 1. The van der Waals surface area contributed by atoms with Gasteiger partial charge < -0.3 is 14.8 Å². The number of aryl methyl sites for hydroxylation is 1. The third kappa shape index (κ3) is 6.07. The van der Waals surface area contributed by atoms with Gasteiger partial charge in [0.2, 0.25) is 11.7 Å². The molecule has 0 radical (unpaired) electrons. The summed E-state index contributed by atoms with van der Waals surface area (Å²) in [6.07, 6.45) is 5.05. The van der Waals surface area contributed by atoms with E-state index in [4.69, 9.17) is 9.47 Å². The van der Waals surface area contributed by atoms with Crippen LogP contribution in [0.25, 0.3) is 11.4 Å². The highest BCUT2D eigenvalue weighted by Gasteiger charge is 2.30. The van der Waals surface area contributed by atoms with E-state index in [0.29, 0.717) is 28.6 Å². The molecule has 1 aliphatic carbocycles. The zero-order chi connectivity index (χ0) is 26.4. The topological polar surface area (TPSA) is 111 Å². The summed E-state index contributed by atoms with van der Waals surface area (Å²) in [5.41, 5.74) is 2.47. The van der Waals surface area contributed by atoms with Crippen LogP contribution in [-0.4, -0.2) is 58.3 Å². The number of benzene rings is 2. The number of aromatic nitrogens is 4. The molecule has 1 aromatic heterocycles. The third-order valence-corrected chi connectivity index (χ3v) is 6.73. The number of rotatable bonds is 10. The molecule has 2 amide bonds. The second kappa shape index (κ2) is 11.9. The summed E-state index contributed by atoms with van der Waals surface area (Å²) in [7, 11) is 3.12. The Balaban J connectivity index is 1.55. The van der Waals surface area contributed by atoms with E-state index in [9.17, 15) is 9.59 Å². The first-order chi connectivity index (χ1) is 17.9. The van der Waals surface area contributed by atoms with Crippen molar-refractivity contribution in [2.45, 2.75) is 64.6 Å². The monoisotopic (exact) mass is 506 g/mol. The van der Waals surface area contributed by atoms with Crippen LogP contribution in [0.5, 0.6) is 11.5 Å². The van der Waals surface area contributed by atoms with E-state index in [0.717, 1.165) is 37.7 Å². The minimum absolute atomic E-state index is 0.162. The lowest BCUT2D eigenvalue weighted by atomic mass is 10.1. The fourth-order valence-corrected chi connectivity index (χ4v) is 4.58. The van der Waals surface area contributed by atoms with Gasteiger partial charge in [0.15, 0.2) is 11.5 Å². The molecule has 1 aliphatic rings. The van der Waals surface area contributed by atoms with Crippen molar-refractivity contribution >= 4 is 17.5 Å². The maximum atomic E-state index is 13.6. The number of anilines is 1. The van der Waals surface area contributed by atoms with E-state index in [1.54, 1.807) is 39.3 Å².